The topological polar surface area (TPSA) is 29.1 Å². The second-order valence-corrected chi connectivity index (χ2v) is 3.56. The molecular formula is C11H12F3NO. The molecule has 1 N–H and O–H groups in total. The Kier molecular flexibility index (Phi) is 3.93. The van der Waals surface area contributed by atoms with E-state index in [1.165, 1.54) is 6.92 Å². The largest absolute Gasteiger partial charge is 0.471 e. The van der Waals surface area contributed by atoms with Gasteiger partial charge in [0.05, 0.1) is 0 Å². The van der Waals surface area contributed by atoms with Crippen LogP contribution >= 0.6 is 0 Å². The zero-order chi connectivity index (χ0) is 12.2. The van der Waals surface area contributed by atoms with E-state index in [1.54, 1.807) is 24.3 Å². The first-order valence-electron chi connectivity index (χ1n) is 4.81. The second-order valence-electron chi connectivity index (χ2n) is 3.56. The predicted octanol–water partition coefficient (Wildman–Crippen LogP) is 2.30. The zero-order valence-corrected chi connectivity index (χ0v) is 8.71. The molecule has 1 unspecified atom stereocenters. The Bertz CT molecular complexity index is 348. The van der Waals surface area contributed by atoms with Crippen molar-refractivity contribution in [3.8, 4) is 0 Å². The maximum atomic E-state index is 11.9. The van der Waals surface area contributed by atoms with Gasteiger partial charge in [-0.2, -0.15) is 13.2 Å². The van der Waals surface area contributed by atoms with Crippen molar-refractivity contribution in [1.29, 1.82) is 0 Å². The van der Waals surface area contributed by atoms with Crippen molar-refractivity contribution < 1.29 is 18.0 Å². The highest BCUT2D eigenvalue weighted by atomic mass is 19.4. The number of carbonyl (C=O) groups excluding carboxylic acids is 1. The van der Waals surface area contributed by atoms with Crippen LogP contribution in [-0.2, 0) is 11.2 Å². The highest BCUT2D eigenvalue weighted by Gasteiger charge is 2.39. The van der Waals surface area contributed by atoms with E-state index in [4.69, 9.17) is 0 Å². The molecule has 0 saturated carbocycles. The smallest absolute Gasteiger partial charge is 0.345 e. The first-order valence-corrected chi connectivity index (χ1v) is 4.81. The Morgan fingerprint density at radius 1 is 1.31 bits per heavy atom. The molecular weight excluding hydrogens is 219 g/mol. The highest BCUT2D eigenvalue weighted by Crippen LogP contribution is 2.15. The van der Waals surface area contributed by atoms with Crippen molar-refractivity contribution in [3.05, 3.63) is 35.9 Å². The molecule has 0 spiro atoms. The van der Waals surface area contributed by atoms with Gasteiger partial charge in [0.2, 0.25) is 0 Å². The summed E-state index contributed by atoms with van der Waals surface area (Å²) in [4.78, 5) is 10.6. The average Bonchev–Trinajstić information content (AvgIpc) is 2.17. The standard InChI is InChI=1S/C11H12F3NO/c1-8(15-10(16)11(12,13)14)7-9-5-3-2-4-6-9/h2-6,8H,7H2,1H3,(H,15,16). The number of halogens is 3. The predicted molar refractivity (Wildman–Crippen MR) is 53.8 cm³/mol. The van der Waals surface area contributed by atoms with E-state index in [0.29, 0.717) is 6.42 Å². The molecule has 0 aliphatic rings. The van der Waals surface area contributed by atoms with Crippen LogP contribution in [0.4, 0.5) is 13.2 Å². The molecule has 1 aromatic carbocycles. The summed E-state index contributed by atoms with van der Waals surface area (Å²) >= 11 is 0. The van der Waals surface area contributed by atoms with Crippen molar-refractivity contribution in [2.75, 3.05) is 0 Å². The van der Waals surface area contributed by atoms with Crippen molar-refractivity contribution in [3.63, 3.8) is 0 Å². The number of hydrogen-bond acceptors (Lipinski definition) is 1. The normalized spacial score (nSPS) is 13.2. The van der Waals surface area contributed by atoms with Crippen LogP contribution in [0.5, 0.6) is 0 Å². The monoisotopic (exact) mass is 231 g/mol. The van der Waals surface area contributed by atoms with E-state index in [2.05, 4.69) is 0 Å². The van der Waals surface area contributed by atoms with Gasteiger partial charge in [0.1, 0.15) is 0 Å². The SMILES string of the molecule is CC(Cc1ccccc1)NC(=O)C(F)(F)F. The molecule has 0 fully saturated rings. The molecule has 0 radical (unpaired) electrons. The molecule has 0 heterocycles. The molecule has 16 heavy (non-hydrogen) atoms. The van der Waals surface area contributed by atoms with E-state index in [1.807, 2.05) is 11.4 Å². The lowest BCUT2D eigenvalue weighted by Crippen LogP contribution is -2.42. The van der Waals surface area contributed by atoms with Crippen LogP contribution in [-0.4, -0.2) is 18.1 Å². The summed E-state index contributed by atoms with van der Waals surface area (Å²) in [5.41, 5.74) is 0.887. The number of hydrogen-bond donors (Lipinski definition) is 1. The Hall–Kier alpha value is -1.52. The van der Waals surface area contributed by atoms with Crippen LogP contribution in [0.2, 0.25) is 0 Å². The van der Waals surface area contributed by atoms with Gasteiger partial charge in [0.25, 0.3) is 0 Å². The first kappa shape index (κ1) is 12.5. The van der Waals surface area contributed by atoms with Crippen molar-refractivity contribution in [2.24, 2.45) is 0 Å². The van der Waals surface area contributed by atoms with Gasteiger partial charge in [-0.25, -0.2) is 0 Å². The minimum Gasteiger partial charge on any atom is -0.345 e. The van der Waals surface area contributed by atoms with Gasteiger partial charge in [-0.05, 0) is 18.9 Å². The lowest BCUT2D eigenvalue weighted by atomic mass is 10.1. The van der Waals surface area contributed by atoms with Crippen LogP contribution in [0.3, 0.4) is 0 Å². The van der Waals surface area contributed by atoms with Crippen LogP contribution in [0.25, 0.3) is 0 Å². The van der Waals surface area contributed by atoms with Gasteiger partial charge in [0.15, 0.2) is 0 Å². The van der Waals surface area contributed by atoms with E-state index < -0.39 is 18.1 Å². The molecule has 0 saturated heterocycles. The molecule has 88 valence electrons. The van der Waals surface area contributed by atoms with Gasteiger partial charge < -0.3 is 5.32 Å². The number of nitrogens with one attached hydrogen (secondary N) is 1. The van der Waals surface area contributed by atoms with E-state index in [9.17, 15) is 18.0 Å². The zero-order valence-electron chi connectivity index (χ0n) is 8.71. The maximum absolute atomic E-state index is 11.9. The minimum atomic E-state index is -4.81. The fourth-order valence-corrected chi connectivity index (χ4v) is 1.32. The van der Waals surface area contributed by atoms with Crippen LogP contribution < -0.4 is 5.32 Å². The van der Waals surface area contributed by atoms with E-state index in [-0.39, 0.29) is 0 Å². The Morgan fingerprint density at radius 2 is 1.88 bits per heavy atom. The molecule has 2 nitrogen and oxygen atoms in total. The molecule has 0 bridgehead atoms. The summed E-state index contributed by atoms with van der Waals surface area (Å²) in [5, 5.41) is 1.90. The average molecular weight is 231 g/mol. The number of alkyl halides is 3. The van der Waals surface area contributed by atoms with E-state index >= 15 is 0 Å². The molecule has 0 aromatic heterocycles. The summed E-state index contributed by atoms with van der Waals surface area (Å²) in [7, 11) is 0. The number of carbonyl (C=O) groups is 1. The lowest BCUT2D eigenvalue weighted by molar-refractivity contribution is -0.174. The van der Waals surface area contributed by atoms with E-state index in [0.717, 1.165) is 5.56 Å². The molecule has 1 aromatic rings. The summed E-state index contributed by atoms with van der Waals surface area (Å²) < 4.78 is 35.8. The van der Waals surface area contributed by atoms with Gasteiger partial charge in [0, 0.05) is 6.04 Å². The molecule has 1 atom stereocenters. The number of benzene rings is 1. The fourth-order valence-electron chi connectivity index (χ4n) is 1.32. The Morgan fingerprint density at radius 3 is 2.38 bits per heavy atom. The lowest BCUT2D eigenvalue weighted by Gasteiger charge is -2.15. The highest BCUT2D eigenvalue weighted by molar-refractivity contribution is 5.81. The van der Waals surface area contributed by atoms with Crippen molar-refractivity contribution >= 4 is 5.91 Å². The number of amides is 1. The van der Waals surface area contributed by atoms with Crippen LogP contribution in [0, 0.1) is 0 Å². The third-order valence-corrected chi connectivity index (χ3v) is 2.02. The summed E-state index contributed by atoms with van der Waals surface area (Å²) in [5.74, 6) is -1.89. The Balaban J connectivity index is 2.49. The molecule has 1 amide bonds. The number of rotatable bonds is 3. The summed E-state index contributed by atoms with van der Waals surface area (Å²) in [6, 6.07) is 8.48. The van der Waals surface area contributed by atoms with Gasteiger partial charge >= 0.3 is 12.1 Å². The third-order valence-electron chi connectivity index (χ3n) is 2.02. The molecule has 0 aliphatic heterocycles. The third kappa shape index (κ3) is 3.92. The first-order chi connectivity index (χ1) is 7.39. The fraction of sp³-hybridized carbons (Fsp3) is 0.364. The second kappa shape index (κ2) is 5.01. The molecule has 5 heteroatoms. The minimum absolute atomic E-state index is 0.378. The van der Waals surface area contributed by atoms with Crippen molar-refractivity contribution in [2.45, 2.75) is 25.6 Å². The summed E-state index contributed by atoms with van der Waals surface area (Å²) in [6.07, 6.45) is -4.44. The maximum Gasteiger partial charge on any atom is 0.471 e. The van der Waals surface area contributed by atoms with Crippen molar-refractivity contribution in [1.82, 2.24) is 5.32 Å². The van der Waals surface area contributed by atoms with Gasteiger partial charge in [-0.3, -0.25) is 4.79 Å². The van der Waals surface area contributed by atoms with Gasteiger partial charge in [-0.15, -0.1) is 0 Å². The van der Waals surface area contributed by atoms with Gasteiger partial charge in [-0.1, -0.05) is 30.3 Å². The summed E-state index contributed by atoms with van der Waals surface area (Å²) in [6.45, 7) is 1.54. The van der Waals surface area contributed by atoms with Crippen LogP contribution in [0.1, 0.15) is 12.5 Å². The quantitative estimate of drug-likeness (QED) is 0.849. The van der Waals surface area contributed by atoms with Crippen LogP contribution in [0.15, 0.2) is 30.3 Å². The Labute approximate surface area is 91.5 Å². The molecule has 0 aliphatic carbocycles. The molecule has 1 rings (SSSR count).